The molecule has 4 aromatic rings. The van der Waals surface area contributed by atoms with Crippen molar-refractivity contribution in [1.82, 2.24) is 9.97 Å². The van der Waals surface area contributed by atoms with Gasteiger partial charge in [-0.2, -0.15) is 9.97 Å². The summed E-state index contributed by atoms with van der Waals surface area (Å²) in [6, 6.07) is 18.4. The average Bonchev–Trinajstić information content (AvgIpc) is 2.86. The summed E-state index contributed by atoms with van der Waals surface area (Å²) < 4.78 is 2.32. The number of nitrogens with zero attached hydrogens (tertiary/aromatic N) is 2. The summed E-state index contributed by atoms with van der Waals surface area (Å²) in [5.74, 6) is 0. The van der Waals surface area contributed by atoms with Crippen molar-refractivity contribution in [1.29, 1.82) is 0 Å². The minimum absolute atomic E-state index is 0.403. The van der Waals surface area contributed by atoms with Crippen molar-refractivity contribution in [3.05, 3.63) is 59.9 Å². The Kier molecular flexibility index (Phi) is 2.69. The maximum Gasteiger partial charge on any atom is 0.418 e. The second-order valence-electron chi connectivity index (χ2n) is 4.50. The van der Waals surface area contributed by atoms with Gasteiger partial charge in [-0.05, 0) is 6.07 Å². The lowest BCUT2D eigenvalue weighted by Crippen LogP contribution is -1.90. The topological polar surface area (TPSA) is 25.8 Å². The summed E-state index contributed by atoms with van der Waals surface area (Å²) in [7, 11) is 0. The maximum atomic E-state index is 5.24. The molecule has 0 N–H and O–H groups in total. The fourth-order valence-electron chi connectivity index (χ4n) is 2.36. The van der Waals surface area contributed by atoms with Crippen LogP contribution >= 0.6 is 11.3 Å². The van der Waals surface area contributed by atoms with Crippen LogP contribution in [0.3, 0.4) is 0 Å². The quantitative estimate of drug-likeness (QED) is 0.492. The number of hydrogen-bond acceptors (Lipinski definition) is 3. The molecule has 20 heavy (non-hydrogen) atoms. The van der Waals surface area contributed by atoms with E-state index in [1.807, 2.05) is 30.3 Å². The third-order valence-corrected chi connectivity index (χ3v) is 4.60. The van der Waals surface area contributed by atoms with E-state index in [4.69, 9.17) is 11.6 Å². The van der Waals surface area contributed by atoms with Crippen LogP contribution in [0.1, 0.15) is 0 Å². The van der Waals surface area contributed by atoms with Crippen LogP contribution in [0.15, 0.2) is 54.6 Å². The normalized spacial score (nSPS) is 11.2. The summed E-state index contributed by atoms with van der Waals surface area (Å²) in [5, 5.41) is 1.55. The molecule has 0 radical (unpaired) electrons. The number of thiophene rings is 1. The van der Waals surface area contributed by atoms with E-state index in [2.05, 4.69) is 34.2 Å². The van der Waals surface area contributed by atoms with Crippen molar-refractivity contribution in [3.63, 3.8) is 0 Å². The fraction of sp³-hybridized carbons (Fsp3) is 0. The molecule has 2 aromatic heterocycles. The molecule has 2 aromatic carbocycles. The van der Waals surface area contributed by atoms with Crippen molar-refractivity contribution in [2.75, 3.05) is 0 Å². The van der Waals surface area contributed by atoms with Crippen LogP contribution in [0, 0.1) is 11.6 Å². The number of aromatic nitrogens is 2. The molecule has 0 fully saturated rings. The van der Waals surface area contributed by atoms with Gasteiger partial charge in [-0.1, -0.05) is 48.5 Å². The van der Waals surface area contributed by atoms with E-state index >= 15 is 0 Å². The Balaban J connectivity index is 2.16. The van der Waals surface area contributed by atoms with Gasteiger partial charge in [-0.15, -0.1) is 11.3 Å². The fourth-order valence-corrected chi connectivity index (χ4v) is 3.70. The molecular formula is C16H10ClN2S+. The van der Waals surface area contributed by atoms with E-state index < -0.39 is 0 Å². The van der Waals surface area contributed by atoms with Gasteiger partial charge in [0.15, 0.2) is 11.6 Å². The predicted octanol–water partition coefficient (Wildman–Crippen LogP) is 4.21. The van der Waals surface area contributed by atoms with Crippen molar-refractivity contribution < 1.29 is 11.6 Å². The number of rotatable bonds is 1. The summed E-state index contributed by atoms with van der Waals surface area (Å²) in [6.07, 6.45) is 0. The predicted molar refractivity (Wildman–Crippen MR) is 80.9 cm³/mol. The van der Waals surface area contributed by atoms with E-state index in [-0.39, 0.29) is 0 Å². The molecule has 0 unspecified atom stereocenters. The highest BCUT2D eigenvalue weighted by molar-refractivity contribution is 7.26. The summed E-state index contributed by atoms with van der Waals surface area (Å²) in [6.45, 7) is 0. The maximum absolute atomic E-state index is 5.24. The van der Waals surface area contributed by atoms with E-state index in [1.54, 1.807) is 11.3 Å². The molecule has 96 valence electrons. The van der Waals surface area contributed by atoms with E-state index in [1.165, 1.54) is 4.70 Å². The zero-order valence-corrected chi connectivity index (χ0v) is 12.0. The monoisotopic (exact) mass is 297 g/mol. The molecule has 0 bridgehead atoms. The lowest BCUT2D eigenvalue weighted by atomic mass is 10.1. The molecule has 0 saturated heterocycles. The van der Waals surface area contributed by atoms with E-state index in [0.717, 1.165) is 26.9 Å². The van der Waals surface area contributed by atoms with Gasteiger partial charge < -0.3 is 0 Å². The van der Waals surface area contributed by atoms with Gasteiger partial charge in [0.1, 0.15) is 0 Å². The van der Waals surface area contributed by atoms with Crippen molar-refractivity contribution in [2.24, 2.45) is 0 Å². The van der Waals surface area contributed by atoms with Crippen LogP contribution in [-0.2, 0) is 0 Å². The number of halogens is 1. The minimum atomic E-state index is 0.403. The highest BCUT2D eigenvalue weighted by Gasteiger charge is 2.16. The molecule has 0 aliphatic carbocycles. The third-order valence-electron chi connectivity index (χ3n) is 3.25. The molecule has 0 spiro atoms. The third kappa shape index (κ3) is 1.79. The highest BCUT2D eigenvalue weighted by Crippen LogP contribution is 2.37. The summed E-state index contributed by atoms with van der Waals surface area (Å²) >= 11 is 6.96. The van der Waals surface area contributed by atoms with Crippen LogP contribution in [0.5, 0.6) is 0 Å². The van der Waals surface area contributed by atoms with Gasteiger partial charge in [-0.3, -0.25) is 0 Å². The standard InChI is InChI=1S/C16H10ClN2S/c17-16-18-13(10-6-2-1-3-7-10)15-14(19-16)11-8-4-5-9-12(11)20-15/h1-9,17H/q+1. The first-order valence-corrected chi connectivity index (χ1v) is 7.47. The molecule has 0 saturated carbocycles. The first-order valence-electron chi connectivity index (χ1n) is 6.24. The van der Waals surface area contributed by atoms with Gasteiger partial charge in [0.25, 0.3) is 0 Å². The van der Waals surface area contributed by atoms with Crippen molar-refractivity contribution >= 4 is 31.6 Å². The largest absolute Gasteiger partial charge is 0.418 e. The minimum Gasteiger partial charge on any atom is -0.173 e. The Hall–Kier alpha value is -1.97. The van der Waals surface area contributed by atoms with Crippen molar-refractivity contribution in [2.45, 2.75) is 0 Å². The zero-order valence-electron chi connectivity index (χ0n) is 10.4. The molecule has 0 atom stereocenters. The van der Waals surface area contributed by atoms with E-state index in [9.17, 15) is 0 Å². The smallest absolute Gasteiger partial charge is 0.173 e. The molecule has 4 heteroatoms. The molecule has 0 amide bonds. The van der Waals surface area contributed by atoms with E-state index in [0.29, 0.717) is 5.28 Å². The van der Waals surface area contributed by atoms with Gasteiger partial charge >= 0.3 is 5.28 Å². The van der Waals surface area contributed by atoms with Gasteiger partial charge in [-0.25, -0.2) is 0 Å². The molecule has 0 aliphatic rings. The first-order chi connectivity index (χ1) is 9.83. The second kappa shape index (κ2) is 4.54. The lowest BCUT2D eigenvalue weighted by Gasteiger charge is -2.00. The Labute approximate surface area is 124 Å². The summed E-state index contributed by atoms with van der Waals surface area (Å²) in [4.78, 5) is 8.95. The Morgan fingerprint density at radius 2 is 1.60 bits per heavy atom. The Morgan fingerprint density at radius 3 is 2.45 bits per heavy atom. The van der Waals surface area contributed by atoms with Crippen molar-refractivity contribution in [3.8, 4) is 11.3 Å². The molecular weight excluding hydrogens is 288 g/mol. The molecule has 2 heterocycles. The Morgan fingerprint density at radius 1 is 0.850 bits per heavy atom. The van der Waals surface area contributed by atoms with Crippen LogP contribution < -0.4 is 0 Å². The van der Waals surface area contributed by atoms with Gasteiger partial charge in [0.05, 0.1) is 15.9 Å². The van der Waals surface area contributed by atoms with Crippen LogP contribution in [-0.4, -0.2) is 9.97 Å². The molecule has 4 rings (SSSR count). The van der Waals surface area contributed by atoms with Crippen LogP contribution in [0.25, 0.3) is 31.6 Å². The first kappa shape index (κ1) is 11.8. The van der Waals surface area contributed by atoms with Gasteiger partial charge in [0.2, 0.25) is 0 Å². The number of hydrogen-bond donors (Lipinski definition) is 0. The molecule has 0 aliphatic heterocycles. The highest BCUT2D eigenvalue weighted by atomic mass is 35.5. The van der Waals surface area contributed by atoms with Crippen LogP contribution in [0.2, 0.25) is 5.28 Å². The lowest BCUT2D eigenvalue weighted by molar-refractivity contribution is -0.303. The second-order valence-corrected chi connectivity index (χ2v) is 5.91. The Bertz CT molecular complexity index is 916. The number of benzene rings is 2. The summed E-state index contributed by atoms with van der Waals surface area (Å²) in [5.41, 5.74) is 2.98. The zero-order chi connectivity index (χ0) is 13.5. The molecule has 2 nitrogen and oxygen atoms in total. The average molecular weight is 298 g/mol. The number of fused-ring (bicyclic) bond motifs is 3. The van der Waals surface area contributed by atoms with Crippen LogP contribution in [0.4, 0.5) is 0 Å². The SMILES string of the molecule is [ClH+]c1nc(-c2ccccc2)c2sc3ccccc3c2n1. The van der Waals surface area contributed by atoms with Gasteiger partial charge in [0, 0.05) is 15.6 Å².